The number of anilines is 1. The molecule has 4 rings (SSSR count). The lowest BCUT2D eigenvalue weighted by atomic mass is 10.0. The number of hydrogen-bond acceptors (Lipinski definition) is 6. The number of para-hydroxylation sites is 1. The lowest BCUT2D eigenvalue weighted by Gasteiger charge is -2.24. The highest BCUT2D eigenvalue weighted by atomic mass is 35.5. The first-order valence-corrected chi connectivity index (χ1v) is 9.41. The summed E-state index contributed by atoms with van der Waals surface area (Å²) >= 11 is 6.07. The maximum Gasteiger partial charge on any atom is 0.229 e. The molecule has 8 nitrogen and oxygen atoms in total. The molecular weight excluding hydrogens is 396 g/mol. The summed E-state index contributed by atoms with van der Waals surface area (Å²) in [7, 11) is 1.57. The minimum Gasteiger partial charge on any atom is -0.493 e. The van der Waals surface area contributed by atoms with E-state index in [0.29, 0.717) is 41.4 Å². The molecule has 29 heavy (non-hydrogen) atoms. The third kappa shape index (κ3) is 4.12. The van der Waals surface area contributed by atoms with Crippen molar-refractivity contribution in [2.45, 2.75) is 12.5 Å². The van der Waals surface area contributed by atoms with Gasteiger partial charge < -0.3 is 14.2 Å². The van der Waals surface area contributed by atoms with Crippen LogP contribution in [0.1, 0.15) is 18.0 Å². The van der Waals surface area contributed by atoms with E-state index in [9.17, 15) is 4.79 Å². The summed E-state index contributed by atoms with van der Waals surface area (Å²) in [5.41, 5.74) is 0.878. The standard InChI is InChI=1S/C20H19ClN4O4/c1-27-18-10-13(15-11-19(26)24-20-22-12-23-25(15)20)6-7-17(18)29-9-8-28-16-5-3-2-4-14(16)21/h2-7,10,12,15H,8-9,11H2,1H3,(H,22,23,24,26)/t15-/m1/s1. The summed E-state index contributed by atoms with van der Waals surface area (Å²) in [5, 5.41) is 7.47. The zero-order chi connectivity index (χ0) is 20.2. The highest BCUT2D eigenvalue weighted by molar-refractivity contribution is 6.32. The van der Waals surface area contributed by atoms with E-state index in [1.165, 1.54) is 6.33 Å². The second-order valence-electron chi connectivity index (χ2n) is 6.33. The van der Waals surface area contributed by atoms with Gasteiger partial charge in [0.25, 0.3) is 0 Å². The Kier molecular flexibility index (Phi) is 5.53. The third-order valence-electron chi connectivity index (χ3n) is 4.51. The number of methoxy groups -OCH3 is 1. The molecule has 1 aliphatic heterocycles. The van der Waals surface area contributed by atoms with E-state index >= 15 is 0 Å². The van der Waals surface area contributed by atoms with Crippen molar-refractivity contribution < 1.29 is 19.0 Å². The molecular formula is C20H19ClN4O4. The molecule has 1 amide bonds. The average Bonchev–Trinajstić information content (AvgIpc) is 3.20. The predicted octanol–water partition coefficient (Wildman–Crippen LogP) is 3.33. The van der Waals surface area contributed by atoms with Gasteiger partial charge in [-0.05, 0) is 29.8 Å². The fraction of sp³-hybridized carbons (Fsp3) is 0.250. The summed E-state index contributed by atoms with van der Waals surface area (Å²) in [6.07, 6.45) is 1.69. The van der Waals surface area contributed by atoms with E-state index in [0.717, 1.165) is 5.56 Å². The first kappa shape index (κ1) is 19.1. The van der Waals surface area contributed by atoms with E-state index < -0.39 is 0 Å². The van der Waals surface area contributed by atoms with Crippen molar-refractivity contribution in [2.75, 3.05) is 25.6 Å². The normalized spacial score (nSPS) is 15.4. The number of amides is 1. The smallest absolute Gasteiger partial charge is 0.229 e. The molecule has 9 heteroatoms. The Hall–Kier alpha value is -3.26. The van der Waals surface area contributed by atoms with Gasteiger partial charge in [0.1, 0.15) is 25.3 Å². The summed E-state index contributed by atoms with van der Waals surface area (Å²) < 4.78 is 18.6. The van der Waals surface area contributed by atoms with Crippen LogP contribution >= 0.6 is 11.6 Å². The van der Waals surface area contributed by atoms with Crippen LogP contribution in [0.2, 0.25) is 5.02 Å². The fourth-order valence-corrected chi connectivity index (χ4v) is 3.33. The van der Waals surface area contributed by atoms with Crippen LogP contribution < -0.4 is 19.5 Å². The average molecular weight is 415 g/mol. The van der Waals surface area contributed by atoms with Crippen LogP contribution in [-0.2, 0) is 4.79 Å². The van der Waals surface area contributed by atoms with Crippen LogP contribution in [0.4, 0.5) is 5.95 Å². The molecule has 0 radical (unpaired) electrons. The van der Waals surface area contributed by atoms with Gasteiger partial charge in [0.05, 0.1) is 24.6 Å². The molecule has 2 heterocycles. The number of halogens is 1. The molecule has 1 atom stereocenters. The lowest BCUT2D eigenvalue weighted by Crippen LogP contribution is -2.29. The van der Waals surface area contributed by atoms with Gasteiger partial charge in [0, 0.05) is 0 Å². The number of carbonyl (C=O) groups excluding carboxylic acids is 1. The van der Waals surface area contributed by atoms with Crippen molar-refractivity contribution >= 4 is 23.5 Å². The van der Waals surface area contributed by atoms with Gasteiger partial charge in [-0.1, -0.05) is 29.8 Å². The van der Waals surface area contributed by atoms with Gasteiger partial charge >= 0.3 is 0 Å². The number of aromatic nitrogens is 3. The molecule has 0 aliphatic carbocycles. The van der Waals surface area contributed by atoms with Gasteiger partial charge in [-0.25, -0.2) is 4.68 Å². The molecule has 1 N–H and O–H groups in total. The van der Waals surface area contributed by atoms with Gasteiger partial charge in [-0.3, -0.25) is 10.1 Å². The molecule has 0 unspecified atom stereocenters. The maximum atomic E-state index is 12.0. The Balaban J connectivity index is 1.44. The number of rotatable bonds is 7. The Bertz CT molecular complexity index is 1020. The van der Waals surface area contributed by atoms with Crippen LogP contribution in [0, 0.1) is 0 Å². The van der Waals surface area contributed by atoms with Crippen LogP contribution in [-0.4, -0.2) is 41.0 Å². The largest absolute Gasteiger partial charge is 0.493 e. The number of benzene rings is 2. The van der Waals surface area contributed by atoms with E-state index in [2.05, 4.69) is 15.4 Å². The lowest BCUT2D eigenvalue weighted by molar-refractivity contribution is -0.117. The van der Waals surface area contributed by atoms with Gasteiger partial charge in [-0.15, -0.1) is 0 Å². The van der Waals surface area contributed by atoms with E-state index in [1.807, 2.05) is 30.3 Å². The van der Waals surface area contributed by atoms with Crippen molar-refractivity contribution in [3.63, 3.8) is 0 Å². The van der Waals surface area contributed by atoms with Crippen LogP contribution in [0.3, 0.4) is 0 Å². The van der Waals surface area contributed by atoms with Gasteiger partial charge in [0.15, 0.2) is 11.5 Å². The number of carbonyl (C=O) groups is 1. The van der Waals surface area contributed by atoms with Crippen molar-refractivity contribution in [1.82, 2.24) is 14.8 Å². The minimum absolute atomic E-state index is 0.105. The highest BCUT2D eigenvalue weighted by Crippen LogP contribution is 2.35. The van der Waals surface area contributed by atoms with Crippen LogP contribution in [0.15, 0.2) is 48.8 Å². The summed E-state index contributed by atoms with van der Waals surface area (Å²) in [6.45, 7) is 0.653. The molecule has 150 valence electrons. The molecule has 0 fully saturated rings. The molecule has 1 aliphatic rings. The monoisotopic (exact) mass is 414 g/mol. The van der Waals surface area contributed by atoms with Crippen LogP contribution in [0.25, 0.3) is 0 Å². The van der Waals surface area contributed by atoms with Crippen molar-refractivity contribution in [2.24, 2.45) is 0 Å². The maximum absolute atomic E-state index is 12.0. The fourth-order valence-electron chi connectivity index (χ4n) is 3.14. The predicted molar refractivity (Wildman–Crippen MR) is 107 cm³/mol. The van der Waals surface area contributed by atoms with Crippen LogP contribution in [0.5, 0.6) is 17.2 Å². The quantitative estimate of drug-likeness (QED) is 0.597. The first-order valence-electron chi connectivity index (χ1n) is 9.03. The van der Waals surface area contributed by atoms with Gasteiger partial charge in [0.2, 0.25) is 11.9 Å². The Morgan fingerprint density at radius 3 is 2.72 bits per heavy atom. The summed E-state index contributed by atoms with van der Waals surface area (Å²) in [5.74, 6) is 2.08. The second kappa shape index (κ2) is 8.40. The SMILES string of the molecule is COc1cc([C@H]2CC(=O)Nc3ncnn32)ccc1OCCOc1ccccc1Cl. The second-order valence-corrected chi connectivity index (χ2v) is 6.74. The zero-order valence-electron chi connectivity index (χ0n) is 15.7. The highest BCUT2D eigenvalue weighted by Gasteiger charge is 2.28. The number of hydrogen-bond donors (Lipinski definition) is 1. The van der Waals surface area contributed by atoms with Crippen molar-refractivity contribution in [3.8, 4) is 17.2 Å². The Labute approximate surface area is 172 Å². The minimum atomic E-state index is -0.257. The number of nitrogens with one attached hydrogen (secondary N) is 1. The Morgan fingerprint density at radius 1 is 1.14 bits per heavy atom. The van der Waals surface area contributed by atoms with Gasteiger partial charge in [-0.2, -0.15) is 10.1 Å². The van der Waals surface area contributed by atoms with E-state index in [4.69, 9.17) is 25.8 Å². The molecule has 1 aromatic heterocycles. The molecule has 0 saturated heterocycles. The third-order valence-corrected chi connectivity index (χ3v) is 4.82. The first-order chi connectivity index (χ1) is 14.2. The number of ether oxygens (including phenoxy) is 3. The topological polar surface area (TPSA) is 87.5 Å². The van der Waals surface area contributed by atoms with Crippen molar-refractivity contribution in [1.29, 1.82) is 0 Å². The number of fused-ring (bicyclic) bond motifs is 1. The summed E-state index contributed by atoms with van der Waals surface area (Å²) in [4.78, 5) is 16.0. The van der Waals surface area contributed by atoms with Crippen molar-refractivity contribution in [3.05, 3.63) is 59.4 Å². The molecule has 2 aromatic carbocycles. The zero-order valence-corrected chi connectivity index (χ0v) is 16.4. The molecule has 0 spiro atoms. The molecule has 3 aromatic rings. The summed E-state index contributed by atoms with van der Waals surface area (Å²) in [6, 6.07) is 12.6. The van der Waals surface area contributed by atoms with E-state index in [1.54, 1.807) is 23.9 Å². The van der Waals surface area contributed by atoms with E-state index in [-0.39, 0.29) is 18.4 Å². The Morgan fingerprint density at radius 2 is 1.93 bits per heavy atom. The molecule has 0 bridgehead atoms. The number of nitrogens with zero attached hydrogens (tertiary/aromatic N) is 3. The molecule has 0 saturated carbocycles.